The maximum atomic E-state index is 13.7. The summed E-state index contributed by atoms with van der Waals surface area (Å²) in [4.78, 5) is 37.8. The van der Waals surface area contributed by atoms with Gasteiger partial charge in [0.05, 0.1) is 34.0 Å². The van der Waals surface area contributed by atoms with Crippen molar-refractivity contribution in [2.45, 2.75) is 0 Å². The number of non-ortho nitro benzene ring substituents is 1. The van der Waals surface area contributed by atoms with Crippen molar-refractivity contribution >= 4 is 46.6 Å². The van der Waals surface area contributed by atoms with E-state index >= 15 is 0 Å². The third kappa shape index (κ3) is 4.72. The normalized spacial score (nSPS) is 14.1. The number of methoxy groups -OCH3 is 1. The highest BCUT2D eigenvalue weighted by Gasteiger charge is 2.31. The Balaban J connectivity index is 1.53. The SMILES string of the molecule is COC(=O)c1cc(N2C(=O)/C(=C/c3ccc(-c4ccc([N+](=O)[O-])cc4)o3)C=C2c2ccccc2)ccc1Cl. The molecule has 1 amide bonds. The molecule has 0 atom stereocenters. The molecule has 2 heterocycles. The third-order valence-corrected chi connectivity index (χ3v) is 6.28. The van der Waals surface area contributed by atoms with E-state index in [9.17, 15) is 19.7 Å². The van der Waals surface area contributed by atoms with E-state index in [0.29, 0.717) is 34.0 Å². The Bertz CT molecular complexity index is 1620. The lowest BCUT2D eigenvalue weighted by molar-refractivity contribution is -0.384. The van der Waals surface area contributed by atoms with E-state index in [1.165, 1.54) is 30.2 Å². The molecular weight excluding hydrogens is 508 g/mol. The molecule has 188 valence electrons. The third-order valence-electron chi connectivity index (χ3n) is 5.95. The molecule has 8 nitrogen and oxygen atoms in total. The van der Waals surface area contributed by atoms with Crippen LogP contribution in [0.25, 0.3) is 23.1 Å². The van der Waals surface area contributed by atoms with E-state index < -0.39 is 10.9 Å². The molecule has 3 aromatic carbocycles. The first-order valence-corrected chi connectivity index (χ1v) is 11.8. The van der Waals surface area contributed by atoms with Crippen LogP contribution in [0.1, 0.15) is 21.7 Å². The van der Waals surface area contributed by atoms with Gasteiger partial charge in [-0.05, 0) is 60.2 Å². The van der Waals surface area contributed by atoms with Crippen molar-refractivity contribution < 1.29 is 23.7 Å². The van der Waals surface area contributed by atoms with E-state index in [0.717, 1.165) is 5.56 Å². The van der Waals surface area contributed by atoms with Crippen molar-refractivity contribution in [3.05, 3.63) is 129 Å². The van der Waals surface area contributed by atoms with Crippen LogP contribution in [0.4, 0.5) is 11.4 Å². The summed E-state index contributed by atoms with van der Waals surface area (Å²) in [5, 5.41) is 11.1. The average Bonchev–Trinajstić information content (AvgIpc) is 3.54. The number of carbonyl (C=O) groups excluding carboxylic acids is 2. The van der Waals surface area contributed by atoms with Gasteiger partial charge in [-0.1, -0.05) is 41.9 Å². The predicted octanol–water partition coefficient (Wildman–Crippen LogP) is 6.77. The van der Waals surface area contributed by atoms with Gasteiger partial charge in [-0.25, -0.2) is 4.79 Å². The number of furan rings is 1. The number of nitro benzene ring substituents is 1. The van der Waals surface area contributed by atoms with Crippen LogP contribution in [0, 0.1) is 10.1 Å². The van der Waals surface area contributed by atoms with Gasteiger partial charge >= 0.3 is 5.97 Å². The van der Waals surface area contributed by atoms with Crippen molar-refractivity contribution in [2.75, 3.05) is 12.0 Å². The zero-order chi connectivity index (χ0) is 26.8. The number of esters is 1. The van der Waals surface area contributed by atoms with E-state index in [-0.39, 0.29) is 22.2 Å². The van der Waals surface area contributed by atoms with Crippen LogP contribution in [0.3, 0.4) is 0 Å². The molecule has 38 heavy (non-hydrogen) atoms. The van der Waals surface area contributed by atoms with E-state index in [2.05, 4.69) is 0 Å². The quantitative estimate of drug-likeness (QED) is 0.119. The molecule has 4 aromatic rings. The van der Waals surface area contributed by atoms with Gasteiger partial charge in [-0.15, -0.1) is 0 Å². The second kappa shape index (κ2) is 10.2. The molecular formula is C29H19ClN2O6. The number of ether oxygens (including phenoxy) is 1. The molecule has 1 aromatic heterocycles. The fourth-order valence-corrected chi connectivity index (χ4v) is 4.29. The van der Waals surface area contributed by atoms with E-state index in [1.54, 1.807) is 48.6 Å². The lowest BCUT2D eigenvalue weighted by Crippen LogP contribution is -2.25. The van der Waals surface area contributed by atoms with Crippen molar-refractivity contribution in [1.29, 1.82) is 0 Å². The summed E-state index contributed by atoms with van der Waals surface area (Å²) in [7, 11) is 1.26. The van der Waals surface area contributed by atoms with Gasteiger partial charge < -0.3 is 9.15 Å². The Labute approximate surface area is 222 Å². The van der Waals surface area contributed by atoms with E-state index in [4.69, 9.17) is 20.8 Å². The van der Waals surface area contributed by atoms with Crippen molar-refractivity contribution in [2.24, 2.45) is 0 Å². The fourth-order valence-electron chi connectivity index (χ4n) is 4.10. The minimum Gasteiger partial charge on any atom is -0.465 e. The number of nitro groups is 1. The fraction of sp³-hybridized carbons (Fsp3) is 0.0345. The van der Waals surface area contributed by atoms with Crippen LogP contribution in [-0.2, 0) is 9.53 Å². The number of nitrogens with zero attached hydrogens (tertiary/aromatic N) is 2. The largest absolute Gasteiger partial charge is 0.465 e. The van der Waals surface area contributed by atoms with Gasteiger partial charge in [-0.2, -0.15) is 0 Å². The highest BCUT2D eigenvalue weighted by Crippen LogP contribution is 2.37. The van der Waals surface area contributed by atoms with Gasteiger partial charge in [0.2, 0.25) is 0 Å². The zero-order valence-corrected chi connectivity index (χ0v) is 20.7. The Kier molecular flexibility index (Phi) is 6.64. The second-order valence-electron chi connectivity index (χ2n) is 8.30. The summed E-state index contributed by atoms with van der Waals surface area (Å²) in [5.74, 6) is -0.00515. The lowest BCUT2D eigenvalue weighted by atomic mass is 10.1. The van der Waals surface area contributed by atoms with Crippen LogP contribution < -0.4 is 4.90 Å². The highest BCUT2D eigenvalue weighted by atomic mass is 35.5. The Morgan fingerprint density at radius 1 is 1.00 bits per heavy atom. The molecule has 0 fully saturated rings. The summed E-state index contributed by atoms with van der Waals surface area (Å²) in [6, 6.07) is 23.5. The molecule has 1 aliphatic rings. The second-order valence-corrected chi connectivity index (χ2v) is 8.70. The number of hydrogen-bond acceptors (Lipinski definition) is 6. The molecule has 0 bridgehead atoms. The highest BCUT2D eigenvalue weighted by molar-refractivity contribution is 6.34. The van der Waals surface area contributed by atoms with Crippen molar-refractivity contribution in [3.8, 4) is 11.3 Å². The number of benzene rings is 3. The van der Waals surface area contributed by atoms with Crippen molar-refractivity contribution in [3.63, 3.8) is 0 Å². The monoisotopic (exact) mass is 526 g/mol. The first-order valence-electron chi connectivity index (χ1n) is 11.4. The molecule has 9 heteroatoms. The smallest absolute Gasteiger partial charge is 0.339 e. The summed E-state index contributed by atoms with van der Waals surface area (Å²) in [6.07, 6.45) is 3.37. The summed E-state index contributed by atoms with van der Waals surface area (Å²) >= 11 is 6.20. The summed E-state index contributed by atoms with van der Waals surface area (Å²) in [5.41, 5.74) is 3.01. The minimum atomic E-state index is -0.612. The summed E-state index contributed by atoms with van der Waals surface area (Å²) in [6.45, 7) is 0. The molecule has 0 unspecified atom stereocenters. The maximum absolute atomic E-state index is 13.7. The standard InChI is InChI=1S/C29H19ClN2O6/c1-37-29(34)24-17-22(11-13-25(24)30)31-26(18-5-3-2-4-6-18)16-20(28(31)33)15-23-12-14-27(38-23)19-7-9-21(10-8-19)32(35)36/h2-17H,1H3/b20-15+. The van der Waals surface area contributed by atoms with Crippen LogP contribution >= 0.6 is 11.6 Å². The molecule has 0 saturated carbocycles. The summed E-state index contributed by atoms with van der Waals surface area (Å²) < 4.78 is 10.7. The number of carbonyl (C=O) groups is 2. The van der Waals surface area contributed by atoms with Gasteiger partial charge in [0, 0.05) is 23.3 Å². The van der Waals surface area contributed by atoms with Gasteiger partial charge in [-0.3, -0.25) is 19.8 Å². The number of hydrogen-bond donors (Lipinski definition) is 0. The lowest BCUT2D eigenvalue weighted by Gasteiger charge is -2.21. The maximum Gasteiger partial charge on any atom is 0.339 e. The zero-order valence-electron chi connectivity index (χ0n) is 20.0. The first-order chi connectivity index (χ1) is 18.4. The van der Waals surface area contributed by atoms with Gasteiger partial charge in [0.15, 0.2) is 0 Å². The number of anilines is 1. The van der Waals surface area contributed by atoms with Gasteiger partial charge in [0.25, 0.3) is 11.6 Å². The van der Waals surface area contributed by atoms with Crippen LogP contribution in [0.15, 0.2) is 101 Å². The molecule has 0 radical (unpaired) electrons. The number of rotatable bonds is 6. The molecule has 1 aliphatic heterocycles. The first kappa shape index (κ1) is 24.7. The Morgan fingerprint density at radius 3 is 2.42 bits per heavy atom. The minimum absolute atomic E-state index is 0.0181. The van der Waals surface area contributed by atoms with Crippen LogP contribution in [0.2, 0.25) is 5.02 Å². The topological polar surface area (TPSA) is 103 Å². The molecule has 0 N–H and O–H groups in total. The average molecular weight is 527 g/mol. The Hall–Kier alpha value is -4.95. The Morgan fingerprint density at radius 2 is 1.74 bits per heavy atom. The molecule has 0 saturated heterocycles. The molecule has 5 rings (SSSR count). The number of halogens is 1. The molecule has 0 aliphatic carbocycles. The van der Waals surface area contributed by atoms with Crippen LogP contribution in [-0.4, -0.2) is 23.9 Å². The van der Waals surface area contributed by atoms with Crippen molar-refractivity contribution in [1.82, 2.24) is 0 Å². The molecule has 0 spiro atoms. The van der Waals surface area contributed by atoms with E-state index in [1.807, 2.05) is 30.3 Å². The van der Waals surface area contributed by atoms with Crippen LogP contribution in [0.5, 0.6) is 0 Å². The van der Waals surface area contributed by atoms with Gasteiger partial charge in [0.1, 0.15) is 11.5 Å². The number of amides is 1. The predicted molar refractivity (Wildman–Crippen MR) is 143 cm³/mol.